The Morgan fingerprint density at radius 2 is 2.64 bits per heavy atom. The SMILES string of the molecule is c1ncc(CCNC2CCCOC2)[nH]1. The number of hydrogen-bond acceptors (Lipinski definition) is 3. The lowest BCUT2D eigenvalue weighted by atomic mass is 10.1. The normalized spacial score (nSPS) is 22.4. The molecule has 4 nitrogen and oxygen atoms in total. The number of imidazole rings is 1. The minimum atomic E-state index is 0.548. The molecule has 1 aromatic heterocycles. The molecule has 78 valence electrons. The van der Waals surface area contributed by atoms with Crippen LogP contribution in [-0.2, 0) is 11.2 Å². The minimum Gasteiger partial charge on any atom is -0.380 e. The van der Waals surface area contributed by atoms with Crippen LogP contribution in [0.5, 0.6) is 0 Å². The first-order valence-corrected chi connectivity index (χ1v) is 5.23. The molecule has 0 bridgehead atoms. The smallest absolute Gasteiger partial charge is 0.0921 e. The van der Waals surface area contributed by atoms with Crippen LogP contribution in [0.15, 0.2) is 12.5 Å². The fraction of sp³-hybridized carbons (Fsp3) is 0.700. The number of rotatable bonds is 4. The Morgan fingerprint density at radius 1 is 1.64 bits per heavy atom. The van der Waals surface area contributed by atoms with Crippen molar-refractivity contribution in [3.05, 3.63) is 18.2 Å². The lowest BCUT2D eigenvalue weighted by Gasteiger charge is -2.22. The third kappa shape index (κ3) is 2.82. The number of aromatic amines is 1. The highest BCUT2D eigenvalue weighted by Crippen LogP contribution is 2.05. The molecule has 0 spiro atoms. The number of nitrogens with zero attached hydrogens (tertiary/aromatic N) is 1. The van der Waals surface area contributed by atoms with Crippen LogP contribution in [0.2, 0.25) is 0 Å². The molecule has 0 amide bonds. The van der Waals surface area contributed by atoms with Gasteiger partial charge in [-0.05, 0) is 12.8 Å². The maximum Gasteiger partial charge on any atom is 0.0921 e. The molecule has 1 aliphatic rings. The summed E-state index contributed by atoms with van der Waals surface area (Å²) in [4.78, 5) is 7.07. The Balaban J connectivity index is 1.62. The standard InChI is InChI=1S/C10H17N3O/c1-2-10(7-14-5-1)12-4-3-9-6-11-8-13-9/h6,8,10,12H,1-5,7H2,(H,11,13). The van der Waals surface area contributed by atoms with Gasteiger partial charge in [0, 0.05) is 37.5 Å². The molecule has 0 radical (unpaired) electrons. The number of hydrogen-bond donors (Lipinski definition) is 2. The van der Waals surface area contributed by atoms with Crippen LogP contribution in [0.1, 0.15) is 18.5 Å². The van der Waals surface area contributed by atoms with E-state index >= 15 is 0 Å². The van der Waals surface area contributed by atoms with E-state index in [1.807, 2.05) is 6.20 Å². The molecule has 1 aliphatic heterocycles. The van der Waals surface area contributed by atoms with Crippen molar-refractivity contribution in [3.63, 3.8) is 0 Å². The molecule has 4 heteroatoms. The van der Waals surface area contributed by atoms with Gasteiger partial charge in [0.25, 0.3) is 0 Å². The van der Waals surface area contributed by atoms with E-state index in [1.54, 1.807) is 6.33 Å². The zero-order valence-corrected chi connectivity index (χ0v) is 8.33. The van der Waals surface area contributed by atoms with Crippen molar-refractivity contribution < 1.29 is 4.74 Å². The van der Waals surface area contributed by atoms with Gasteiger partial charge in [0.05, 0.1) is 12.9 Å². The van der Waals surface area contributed by atoms with Crippen LogP contribution in [0.3, 0.4) is 0 Å². The van der Waals surface area contributed by atoms with Gasteiger partial charge in [0.15, 0.2) is 0 Å². The van der Waals surface area contributed by atoms with Crippen LogP contribution in [0.4, 0.5) is 0 Å². The molecule has 0 saturated carbocycles. The fourth-order valence-electron chi connectivity index (χ4n) is 1.73. The van der Waals surface area contributed by atoms with Gasteiger partial charge < -0.3 is 15.0 Å². The molecule has 1 fully saturated rings. The van der Waals surface area contributed by atoms with Gasteiger partial charge in [-0.25, -0.2) is 4.98 Å². The summed E-state index contributed by atoms with van der Waals surface area (Å²) >= 11 is 0. The van der Waals surface area contributed by atoms with Gasteiger partial charge in [-0.1, -0.05) is 0 Å². The lowest BCUT2D eigenvalue weighted by molar-refractivity contribution is 0.0707. The summed E-state index contributed by atoms with van der Waals surface area (Å²) in [5, 5.41) is 3.49. The maximum atomic E-state index is 5.39. The van der Waals surface area contributed by atoms with Crippen LogP contribution in [0.25, 0.3) is 0 Å². The van der Waals surface area contributed by atoms with Crippen molar-refractivity contribution in [3.8, 4) is 0 Å². The molecule has 2 rings (SSSR count). The molecule has 1 atom stereocenters. The Bertz CT molecular complexity index is 242. The van der Waals surface area contributed by atoms with E-state index < -0.39 is 0 Å². The summed E-state index contributed by atoms with van der Waals surface area (Å²) < 4.78 is 5.39. The average molecular weight is 195 g/mol. The second-order valence-electron chi connectivity index (χ2n) is 3.70. The Kier molecular flexibility index (Phi) is 3.54. The van der Waals surface area contributed by atoms with E-state index in [4.69, 9.17) is 4.74 Å². The monoisotopic (exact) mass is 195 g/mol. The molecule has 2 heterocycles. The van der Waals surface area contributed by atoms with Gasteiger partial charge >= 0.3 is 0 Å². The molecule has 1 aromatic rings. The quantitative estimate of drug-likeness (QED) is 0.744. The highest BCUT2D eigenvalue weighted by Gasteiger charge is 2.12. The maximum absolute atomic E-state index is 5.39. The molecule has 0 aromatic carbocycles. The molecule has 1 unspecified atom stereocenters. The molecule has 2 N–H and O–H groups in total. The van der Waals surface area contributed by atoms with E-state index in [1.165, 1.54) is 18.5 Å². The second-order valence-corrected chi connectivity index (χ2v) is 3.70. The number of aromatic nitrogens is 2. The highest BCUT2D eigenvalue weighted by molar-refractivity contribution is 4.94. The first-order chi connectivity index (χ1) is 6.95. The number of nitrogens with one attached hydrogen (secondary N) is 2. The van der Waals surface area contributed by atoms with Gasteiger partial charge in [0.2, 0.25) is 0 Å². The first-order valence-electron chi connectivity index (χ1n) is 5.23. The summed E-state index contributed by atoms with van der Waals surface area (Å²) in [5.74, 6) is 0. The summed E-state index contributed by atoms with van der Waals surface area (Å²) in [6, 6.07) is 0.548. The summed E-state index contributed by atoms with van der Waals surface area (Å²) in [6.07, 6.45) is 7.03. The largest absolute Gasteiger partial charge is 0.380 e. The third-order valence-corrected chi connectivity index (χ3v) is 2.54. The average Bonchev–Trinajstić information content (AvgIpc) is 2.72. The van der Waals surface area contributed by atoms with Gasteiger partial charge in [0.1, 0.15) is 0 Å². The van der Waals surface area contributed by atoms with E-state index in [2.05, 4.69) is 15.3 Å². The van der Waals surface area contributed by atoms with Crippen LogP contribution in [-0.4, -0.2) is 35.8 Å². The highest BCUT2D eigenvalue weighted by atomic mass is 16.5. The van der Waals surface area contributed by atoms with Crippen molar-refractivity contribution in [2.24, 2.45) is 0 Å². The van der Waals surface area contributed by atoms with E-state index in [0.29, 0.717) is 6.04 Å². The van der Waals surface area contributed by atoms with E-state index in [9.17, 15) is 0 Å². The molecule has 1 saturated heterocycles. The molecule has 14 heavy (non-hydrogen) atoms. The van der Waals surface area contributed by atoms with Crippen molar-refractivity contribution in [2.75, 3.05) is 19.8 Å². The first kappa shape index (κ1) is 9.68. The van der Waals surface area contributed by atoms with Gasteiger partial charge in [-0.2, -0.15) is 0 Å². The van der Waals surface area contributed by atoms with Gasteiger partial charge in [-0.15, -0.1) is 0 Å². The Labute approximate surface area is 84.1 Å². The minimum absolute atomic E-state index is 0.548. The fourth-order valence-corrected chi connectivity index (χ4v) is 1.73. The summed E-state index contributed by atoms with van der Waals surface area (Å²) in [7, 11) is 0. The lowest BCUT2D eigenvalue weighted by Crippen LogP contribution is -2.37. The van der Waals surface area contributed by atoms with E-state index in [-0.39, 0.29) is 0 Å². The Hall–Kier alpha value is -0.870. The predicted molar refractivity (Wildman–Crippen MR) is 54.1 cm³/mol. The van der Waals surface area contributed by atoms with Gasteiger partial charge in [-0.3, -0.25) is 0 Å². The summed E-state index contributed by atoms with van der Waals surface area (Å²) in [5.41, 5.74) is 1.19. The molecular weight excluding hydrogens is 178 g/mol. The van der Waals surface area contributed by atoms with Crippen molar-refractivity contribution >= 4 is 0 Å². The number of H-pyrrole nitrogens is 1. The molecule has 0 aliphatic carbocycles. The predicted octanol–water partition coefficient (Wildman–Crippen LogP) is 0.721. The third-order valence-electron chi connectivity index (χ3n) is 2.54. The van der Waals surface area contributed by atoms with Crippen molar-refractivity contribution in [1.29, 1.82) is 0 Å². The zero-order chi connectivity index (χ0) is 9.64. The van der Waals surface area contributed by atoms with Crippen LogP contribution in [0, 0.1) is 0 Å². The Morgan fingerprint density at radius 3 is 3.36 bits per heavy atom. The number of ether oxygens (including phenoxy) is 1. The zero-order valence-electron chi connectivity index (χ0n) is 8.33. The van der Waals surface area contributed by atoms with Crippen molar-refractivity contribution in [1.82, 2.24) is 15.3 Å². The molecular formula is C10H17N3O. The summed E-state index contributed by atoms with van der Waals surface area (Å²) in [6.45, 7) is 2.79. The van der Waals surface area contributed by atoms with E-state index in [0.717, 1.165) is 26.2 Å². The second kappa shape index (κ2) is 5.12. The topological polar surface area (TPSA) is 49.9 Å². The van der Waals surface area contributed by atoms with Crippen LogP contribution < -0.4 is 5.32 Å². The van der Waals surface area contributed by atoms with Crippen molar-refractivity contribution in [2.45, 2.75) is 25.3 Å². The van der Waals surface area contributed by atoms with Crippen LogP contribution >= 0.6 is 0 Å².